The molecule has 0 spiro atoms. The summed E-state index contributed by atoms with van der Waals surface area (Å²) in [5.74, 6) is -4.16. The second kappa shape index (κ2) is 7.16. The Hall–Kier alpha value is -2.06. The maximum Gasteiger partial charge on any atom is 0.347 e. The van der Waals surface area contributed by atoms with Crippen molar-refractivity contribution in [2.75, 3.05) is 0 Å². The lowest BCUT2D eigenvalue weighted by molar-refractivity contribution is -0.142. The van der Waals surface area contributed by atoms with E-state index in [1.165, 1.54) is 6.07 Å². The molecular formula is C15H16O10P2. The van der Waals surface area contributed by atoms with E-state index in [9.17, 15) is 43.4 Å². The third-order valence-electron chi connectivity index (χ3n) is 4.26. The van der Waals surface area contributed by atoms with Crippen molar-refractivity contribution in [1.82, 2.24) is 0 Å². The van der Waals surface area contributed by atoms with Gasteiger partial charge in [-0.1, -0.05) is 36.4 Å². The van der Waals surface area contributed by atoms with Crippen molar-refractivity contribution >= 4 is 37.9 Å². The number of benzene rings is 2. The fourth-order valence-electron chi connectivity index (χ4n) is 2.82. The SMILES string of the molecule is O=C(O)C(CC(C(=O)O)(c1ccc2ccccc2c1)P(=O)(O)O)P(=O)(O)O. The number of carbonyl (C=O) groups is 2. The summed E-state index contributed by atoms with van der Waals surface area (Å²) in [4.78, 5) is 61.4. The molecule has 0 aliphatic heterocycles. The molecule has 12 heteroatoms. The minimum Gasteiger partial charge on any atom is -0.481 e. The number of carboxylic acid groups (broad SMARTS) is 2. The Morgan fingerprint density at radius 2 is 1.48 bits per heavy atom. The van der Waals surface area contributed by atoms with E-state index in [4.69, 9.17) is 5.11 Å². The average molecular weight is 418 g/mol. The van der Waals surface area contributed by atoms with Crippen molar-refractivity contribution < 1.29 is 48.5 Å². The highest BCUT2D eigenvalue weighted by Gasteiger charge is 2.59. The van der Waals surface area contributed by atoms with Crippen LogP contribution in [0.4, 0.5) is 0 Å². The number of hydrogen-bond donors (Lipinski definition) is 6. The highest BCUT2D eigenvalue weighted by atomic mass is 31.2. The van der Waals surface area contributed by atoms with Gasteiger partial charge in [-0.15, -0.1) is 0 Å². The van der Waals surface area contributed by atoms with Crippen molar-refractivity contribution in [3.05, 3.63) is 48.0 Å². The highest BCUT2D eigenvalue weighted by molar-refractivity contribution is 7.55. The fraction of sp³-hybridized carbons (Fsp3) is 0.200. The number of aliphatic carboxylic acids is 2. The molecular weight excluding hydrogens is 402 g/mol. The first-order valence-corrected chi connectivity index (χ1v) is 10.7. The first kappa shape index (κ1) is 21.2. The van der Waals surface area contributed by atoms with Crippen LogP contribution in [0.25, 0.3) is 10.8 Å². The van der Waals surface area contributed by atoms with Crippen molar-refractivity contribution in [1.29, 1.82) is 0 Å². The molecule has 146 valence electrons. The summed E-state index contributed by atoms with van der Waals surface area (Å²) < 4.78 is 23.7. The first-order chi connectivity index (χ1) is 12.3. The molecule has 0 bridgehead atoms. The predicted molar refractivity (Wildman–Crippen MR) is 93.4 cm³/mol. The lowest BCUT2D eigenvalue weighted by Gasteiger charge is -2.33. The Kier molecular flexibility index (Phi) is 5.64. The van der Waals surface area contributed by atoms with Crippen LogP contribution in [0.15, 0.2) is 42.5 Å². The molecule has 2 atom stereocenters. The molecule has 0 heterocycles. The van der Waals surface area contributed by atoms with Gasteiger partial charge in [0.15, 0.2) is 10.8 Å². The van der Waals surface area contributed by atoms with Crippen LogP contribution in [-0.4, -0.2) is 47.4 Å². The molecule has 6 N–H and O–H groups in total. The maximum absolute atomic E-state index is 12.2. The Bertz CT molecular complexity index is 991. The van der Waals surface area contributed by atoms with E-state index in [1.54, 1.807) is 24.3 Å². The summed E-state index contributed by atoms with van der Waals surface area (Å²) in [6, 6.07) is 10.1. The summed E-state index contributed by atoms with van der Waals surface area (Å²) in [5, 5.41) is 16.6. The van der Waals surface area contributed by atoms with Gasteiger partial charge < -0.3 is 29.8 Å². The minimum absolute atomic E-state index is 0.414. The number of carboxylic acids is 2. The fourth-order valence-corrected chi connectivity index (χ4v) is 4.91. The zero-order valence-corrected chi connectivity index (χ0v) is 15.3. The van der Waals surface area contributed by atoms with Gasteiger partial charge >= 0.3 is 27.1 Å². The smallest absolute Gasteiger partial charge is 0.347 e. The molecule has 10 nitrogen and oxygen atoms in total. The third kappa shape index (κ3) is 3.96. The van der Waals surface area contributed by atoms with Gasteiger partial charge in [-0.25, -0.2) is 0 Å². The van der Waals surface area contributed by atoms with Crippen LogP contribution in [0.3, 0.4) is 0 Å². The van der Waals surface area contributed by atoms with Crippen molar-refractivity contribution in [3.8, 4) is 0 Å². The topological polar surface area (TPSA) is 190 Å². The standard InChI is InChI=1S/C15H16O10P2/c16-13(17)12(26(20,21)22)8-15(14(18)19,27(23,24)25)11-6-5-9-3-1-2-4-10(9)7-11/h1-7,12H,8H2,(H,16,17)(H,18,19)(H2,20,21,22)(H2,23,24,25). The second-order valence-corrected chi connectivity index (χ2v) is 9.57. The van der Waals surface area contributed by atoms with Crippen LogP contribution in [0.1, 0.15) is 12.0 Å². The number of rotatable bonds is 7. The van der Waals surface area contributed by atoms with E-state index in [1.807, 2.05) is 0 Å². The molecule has 0 aromatic heterocycles. The molecule has 0 saturated carbocycles. The van der Waals surface area contributed by atoms with E-state index in [-0.39, 0.29) is 0 Å². The van der Waals surface area contributed by atoms with E-state index in [0.717, 1.165) is 12.1 Å². The van der Waals surface area contributed by atoms with E-state index >= 15 is 0 Å². The van der Waals surface area contributed by atoms with Gasteiger partial charge in [-0.3, -0.25) is 18.7 Å². The quantitative estimate of drug-likeness (QED) is 0.358. The zero-order chi connectivity index (χ0) is 20.6. The summed E-state index contributed by atoms with van der Waals surface area (Å²) in [6.07, 6.45) is -1.50. The monoisotopic (exact) mass is 418 g/mol. The molecule has 0 radical (unpaired) electrons. The van der Waals surface area contributed by atoms with Gasteiger partial charge in [0.1, 0.15) is 0 Å². The summed E-state index contributed by atoms with van der Waals surface area (Å²) in [7, 11) is -11.0. The molecule has 2 unspecified atom stereocenters. The van der Waals surface area contributed by atoms with Crippen LogP contribution in [0, 0.1) is 0 Å². The van der Waals surface area contributed by atoms with Crippen molar-refractivity contribution in [2.24, 2.45) is 0 Å². The molecule has 2 rings (SSSR count). The third-order valence-corrected chi connectivity index (χ3v) is 7.10. The van der Waals surface area contributed by atoms with Gasteiger partial charge in [0.05, 0.1) is 0 Å². The van der Waals surface area contributed by atoms with Crippen molar-refractivity contribution in [3.63, 3.8) is 0 Å². The van der Waals surface area contributed by atoms with Crippen LogP contribution in [0.2, 0.25) is 0 Å². The Morgan fingerprint density at radius 3 is 1.93 bits per heavy atom. The molecule has 0 aliphatic carbocycles. The van der Waals surface area contributed by atoms with E-state index < -0.39 is 49.9 Å². The van der Waals surface area contributed by atoms with Crippen LogP contribution in [-0.2, 0) is 23.9 Å². The van der Waals surface area contributed by atoms with E-state index in [0.29, 0.717) is 10.8 Å². The van der Waals surface area contributed by atoms with Crippen LogP contribution >= 0.6 is 15.2 Å². The number of hydrogen-bond acceptors (Lipinski definition) is 4. The van der Waals surface area contributed by atoms with Crippen LogP contribution in [0.5, 0.6) is 0 Å². The Labute approximate surface area is 152 Å². The Balaban J connectivity index is 2.80. The lowest BCUT2D eigenvalue weighted by atomic mass is 9.91. The number of fused-ring (bicyclic) bond motifs is 1. The molecule has 2 aromatic carbocycles. The first-order valence-electron chi connectivity index (χ1n) is 7.37. The summed E-state index contributed by atoms with van der Waals surface area (Å²) in [6.45, 7) is 0. The normalized spacial score (nSPS) is 15.9. The Morgan fingerprint density at radius 1 is 0.926 bits per heavy atom. The highest BCUT2D eigenvalue weighted by Crippen LogP contribution is 2.62. The molecule has 0 fully saturated rings. The predicted octanol–water partition coefficient (Wildman–Crippen LogP) is 1.32. The molecule has 2 aromatic rings. The van der Waals surface area contributed by atoms with Gasteiger partial charge in [-0.05, 0) is 22.4 Å². The lowest BCUT2D eigenvalue weighted by Crippen LogP contribution is -2.41. The molecule has 27 heavy (non-hydrogen) atoms. The van der Waals surface area contributed by atoms with Crippen molar-refractivity contribution in [2.45, 2.75) is 17.2 Å². The maximum atomic E-state index is 12.2. The molecule has 0 aliphatic rings. The zero-order valence-electron chi connectivity index (χ0n) is 13.5. The molecule has 0 saturated heterocycles. The molecule has 0 amide bonds. The summed E-state index contributed by atoms with van der Waals surface area (Å²) in [5.41, 5.74) is -3.07. The second-order valence-electron chi connectivity index (χ2n) is 5.92. The summed E-state index contributed by atoms with van der Waals surface area (Å²) >= 11 is 0. The minimum atomic E-state index is -5.63. The van der Waals surface area contributed by atoms with Crippen LogP contribution < -0.4 is 0 Å². The van der Waals surface area contributed by atoms with Gasteiger partial charge in [-0.2, -0.15) is 0 Å². The average Bonchev–Trinajstić information content (AvgIpc) is 2.52. The largest absolute Gasteiger partial charge is 0.481 e. The van der Waals surface area contributed by atoms with E-state index in [2.05, 4.69) is 0 Å². The van der Waals surface area contributed by atoms with Gasteiger partial charge in [0.25, 0.3) is 0 Å². The van der Waals surface area contributed by atoms with Gasteiger partial charge in [0, 0.05) is 6.42 Å². The van der Waals surface area contributed by atoms with Gasteiger partial charge in [0.2, 0.25) is 0 Å².